The first-order valence-electron chi connectivity index (χ1n) is 7.21. The summed E-state index contributed by atoms with van der Waals surface area (Å²) in [6.07, 6.45) is 3.00. The van der Waals surface area contributed by atoms with E-state index < -0.39 is 24.9 Å². The number of rotatable bonds is 6. The van der Waals surface area contributed by atoms with Crippen LogP contribution in [0.15, 0.2) is 42.7 Å². The zero-order chi connectivity index (χ0) is 18.7. The number of ether oxygens (including phenoxy) is 2. The van der Waals surface area contributed by atoms with Crippen molar-refractivity contribution in [2.75, 3.05) is 5.32 Å². The second-order valence-electron chi connectivity index (χ2n) is 4.97. The molecular weight excluding hydrogens is 358 g/mol. The van der Waals surface area contributed by atoms with E-state index in [-0.39, 0.29) is 17.0 Å². The SMILES string of the molecule is O=C(Nc1ccc(OC(F)F)cc1OC(F)F)c1ccnc2[nH]ccc12. The molecule has 0 radical (unpaired) electrons. The van der Waals surface area contributed by atoms with Crippen LogP contribution in [-0.2, 0) is 0 Å². The first-order valence-corrected chi connectivity index (χ1v) is 7.21. The molecule has 1 aromatic carbocycles. The van der Waals surface area contributed by atoms with Gasteiger partial charge in [-0.3, -0.25) is 4.79 Å². The van der Waals surface area contributed by atoms with Gasteiger partial charge in [0.1, 0.15) is 11.4 Å². The van der Waals surface area contributed by atoms with E-state index >= 15 is 0 Å². The molecule has 3 rings (SSSR count). The Balaban J connectivity index is 1.90. The first-order chi connectivity index (χ1) is 12.4. The third kappa shape index (κ3) is 3.85. The number of carbonyl (C=O) groups excluding carboxylic acids is 1. The fourth-order valence-electron chi connectivity index (χ4n) is 2.32. The molecule has 2 aromatic heterocycles. The standard InChI is InChI=1S/C16H11F4N3O3/c17-15(18)25-8-1-2-11(12(7-8)26-16(19)20)23-14(24)10-4-6-22-13-9(10)3-5-21-13/h1-7,15-16H,(H,21,22)(H,23,24). The molecule has 3 aromatic rings. The topological polar surface area (TPSA) is 76.2 Å². The second-order valence-corrected chi connectivity index (χ2v) is 4.97. The number of aromatic amines is 1. The number of halogens is 4. The molecule has 0 atom stereocenters. The Morgan fingerprint density at radius 2 is 1.85 bits per heavy atom. The summed E-state index contributed by atoms with van der Waals surface area (Å²) in [5.41, 5.74) is 0.590. The molecule has 10 heteroatoms. The number of amides is 1. The molecule has 0 saturated carbocycles. The lowest BCUT2D eigenvalue weighted by Gasteiger charge is -2.14. The summed E-state index contributed by atoms with van der Waals surface area (Å²) in [6, 6.07) is 6.15. The van der Waals surface area contributed by atoms with Gasteiger partial charge in [0.15, 0.2) is 5.75 Å². The van der Waals surface area contributed by atoms with Crippen LogP contribution in [0.2, 0.25) is 0 Å². The van der Waals surface area contributed by atoms with Crippen molar-refractivity contribution < 1.29 is 31.8 Å². The van der Waals surface area contributed by atoms with Gasteiger partial charge >= 0.3 is 13.2 Å². The lowest BCUT2D eigenvalue weighted by atomic mass is 10.1. The van der Waals surface area contributed by atoms with Gasteiger partial charge in [-0.25, -0.2) is 4.98 Å². The zero-order valence-electron chi connectivity index (χ0n) is 12.9. The van der Waals surface area contributed by atoms with Crippen molar-refractivity contribution in [2.45, 2.75) is 13.2 Å². The Morgan fingerprint density at radius 3 is 2.58 bits per heavy atom. The van der Waals surface area contributed by atoms with Crippen molar-refractivity contribution in [1.82, 2.24) is 9.97 Å². The van der Waals surface area contributed by atoms with Crippen LogP contribution in [0.25, 0.3) is 11.0 Å². The Kier molecular flexibility index (Phi) is 4.92. The molecule has 0 aliphatic rings. The first kappa shape index (κ1) is 17.5. The van der Waals surface area contributed by atoms with Crippen LogP contribution in [-0.4, -0.2) is 29.1 Å². The Morgan fingerprint density at radius 1 is 1.08 bits per heavy atom. The van der Waals surface area contributed by atoms with Gasteiger partial charge in [0.25, 0.3) is 5.91 Å². The van der Waals surface area contributed by atoms with Crippen molar-refractivity contribution in [3.05, 3.63) is 48.3 Å². The van der Waals surface area contributed by atoms with E-state index in [1.165, 1.54) is 12.3 Å². The van der Waals surface area contributed by atoms with E-state index in [1.54, 1.807) is 12.3 Å². The van der Waals surface area contributed by atoms with Gasteiger partial charge in [-0.2, -0.15) is 17.6 Å². The lowest BCUT2D eigenvalue weighted by Crippen LogP contribution is -2.14. The molecule has 6 nitrogen and oxygen atoms in total. The summed E-state index contributed by atoms with van der Waals surface area (Å²) in [5, 5.41) is 2.94. The maximum atomic E-state index is 12.6. The third-order valence-electron chi connectivity index (χ3n) is 3.35. The number of H-pyrrole nitrogens is 1. The molecule has 2 heterocycles. The number of nitrogens with zero attached hydrogens (tertiary/aromatic N) is 1. The number of aromatic nitrogens is 2. The number of nitrogens with one attached hydrogen (secondary N) is 2. The highest BCUT2D eigenvalue weighted by atomic mass is 19.3. The highest BCUT2D eigenvalue weighted by Gasteiger charge is 2.17. The molecule has 136 valence electrons. The van der Waals surface area contributed by atoms with Crippen LogP contribution in [0.4, 0.5) is 23.2 Å². The molecule has 1 amide bonds. The molecule has 0 unspecified atom stereocenters. The molecule has 0 bridgehead atoms. The van der Waals surface area contributed by atoms with Crippen molar-refractivity contribution in [3.63, 3.8) is 0 Å². The molecule has 26 heavy (non-hydrogen) atoms. The molecule has 0 spiro atoms. The Bertz CT molecular complexity index is 930. The van der Waals surface area contributed by atoms with Gasteiger partial charge in [-0.15, -0.1) is 0 Å². The van der Waals surface area contributed by atoms with E-state index in [0.29, 0.717) is 11.0 Å². The van der Waals surface area contributed by atoms with Crippen LogP contribution < -0.4 is 14.8 Å². The normalized spacial score (nSPS) is 11.2. The van der Waals surface area contributed by atoms with E-state index in [2.05, 4.69) is 24.8 Å². The molecule has 0 aliphatic heterocycles. The average molecular weight is 369 g/mol. The van der Waals surface area contributed by atoms with Crippen LogP contribution in [0.3, 0.4) is 0 Å². The van der Waals surface area contributed by atoms with Gasteiger partial charge in [0.05, 0.1) is 11.3 Å². The summed E-state index contributed by atoms with van der Waals surface area (Å²) in [7, 11) is 0. The van der Waals surface area contributed by atoms with Gasteiger partial charge < -0.3 is 19.8 Å². The van der Waals surface area contributed by atoms with Crippen molar-refractivity contribution >= 4 is 22.6 Å². The second kappa shape index (κ2) is 7.30. The largest absolute Gasteiger partial charge is 0.435 e. The number of anilines is 1. The van der Waals surface area contributed by atoms with Crippen LogP contribution in [0.5, 0.6) is 11.5 Å². The predicted octanol–water partition coefficient (Wildman–Crippen LogP) is 4.02. The highest BCUT2D eigenvalue weighted by molar-refractivity contribution is 6.12. The molecule has 0 fully saturated rings. The summed E-state index contributed by atoms with van der Waals surface area (Å²) < 4.78 is 58.2. The van der Waals surface area contributed by atoms with Crippen LogP contribution >= 0.6 is 0 Å². The maximum absolute atomic E-state index is 12.6. The van der Waals surface area contributed by atoms with Crippen molar-refractivity contribution in [1.29, 1.82) is 0 Å². The lowest BCUT2D eigenvalue weighted by molar-refractivity contribution is -0.0539. The molecular formula is C16H11F4N3O3. The quantitative estimate of drug-likeness (QED) is 0.644. The van der Waals surface area contributed by atoms with E-state index in [1.807, 2.05) is 0 Å². The molecule has 0 saturated heterocycles. The van der Waals surface area contributed by atoms with Crippen molar-refractivity contribution in [3.8, 4) is 11.5 Å². The minimum Gasteiger partial charge on any atom is -0.435 e. The summed E-state index contributed by atoms with van der Waals surface area (Å²) in [5.74, 6) is -1.50. The monoisotopic (exact) mass is 369 g/mol. The number of hydrogen-bond donors (Lipinski definition) is 2. The van der Waals surface area contributed by atoms with Crippen LogP contribution in [0.1, 0.15) is 10.4 Å². The smallest absolute Gasteiger partial charge is 0.387 e. The predicted molar refractivity (Wildman–Crippen MR) is 83.8 cm³/mol. The Hall–Kier alpha value is -3.30. The van der Waals surface area contributed by atoms with Crippen LogP contribution in [0, 0.1) is 0 Å². The number of pyridine rings is 1. The number of benzene rings is 1. The summed E-state index contributed by atoms with van der Waals surface area (Å²) in [6.45, 7) is -6.35. The van der Waals surface area contributed by atoms with Gasteiger partial charge in [-0.05, 0) is 24.3 Å². The van der Waals surface area contributed by atoms with Gasteiger partial charge in [0, 0.05) is 23.8 Å². The van der Waals surface area contributed by atoms with Crippen molar-refractivity contribution in [2.24, 2.45) is 0 Å². The molecule has 2 N–H and O–H groups in total. The number of carbonyl (C=O) groups is 1. The van der Waals surface area contributed by atoms with Gasteiger partial charge in [-0.1, -0.05) is 0 Å². The number of alkyl halides is 4. The fraction of sp³-hybridized carbons (Fsp3) is 0.125. The Labute approximate surface area is 143 Å². The van der Waals surface area contributed by atoms with E-state index in [4.69, 9.17) is 0 Å². The van der Waals surface area contributed by atoms with Gasteiger partial charge in [0.2, 0.25) is 0 Å². The average Bonchev–Trinajstić information content (AvgIpc) is 3.04. The van der Waals surface area contributed by atoms with E-state index in [0.717, 1.165) is 18.2 Å². The number of fused-ring (bicyclic) bond motifs is 1. The minimum absolute atomic E-state index is 0.127. The van der Waals surface area contributed by atoms with E-state index in [9.17, 15) is 22.4 Å². The summed E-state index contributed by atoms with van der Waals surface area (Å²) in [4.78, 5) is 19.4. The number of hydrogen-bond acceptors (Lipinski definition) is 4. The minimum atomic E-state index is -3.22. The fourth-order valence-corrected chi connectivity index (χ4v) is 2.32. The summed E-state index contributed by atoms with van der Waals surface area (Å²) >= 11 is 0. The third-order valence-corrected chi connectivity index (χ3v) is 3.35. The zero-order valence-corrected chi connectivity index (χ0v) is 12.9. The molecule has 0 aliphatic carbocycles. The highest BCUT2D eigenvalue weighted by Crippen LogP contribution is 2.32. The maximum Gasteiger partial charge on any atom is 0.387 e.